The van der Waals surface area contributed by atoms with E-state index in [0.29, 0.717) is 6.61 Å². The van der Waals surface area contributed by atoms with E-state index in [1.807, 2.05) is 0 Å². The summed E-state index contributed by atoms with van der Waals surface area (Å²) < 4.78 is 4.83. The first kappa shape index (κ1) is 11.4. The van der Waals surface area contributed by atoms with Crippen LogP contribution in [-0.2, 0) is 9.53 Å². The first-order valence-electron chi connectivity index (χ1n) is 4.46. The Labute approximate surface area is 76.2 Å². The molecule has 0 heterocycles. The van der Waals surface area contributed by atoms with Gasteiger partial charge < -0.3 is 4.74 Å². The third-order valence-electron chi connectivity index (χ3n) is 1.59. The van der Waals surface area contributed by atoms with Crippen molar-refractivity contribution in [3.05, 3.63) is 12.7 Å². The molecule has 0 fully saturated rings. The Morgan fingerprint density at radius 2 is 2.17 bits per heavy atom. The number of carbonyl (C=O) groups is 1. The topological polar surface area (TPSA) is 26.3 Å². The highest BCUT2D eigenvalue weighted by Crippen LogP contribution is 2.01. The molecular formula is C9H18O2Si. The second-order valence-corrected chi connectivity index (χ2v) is 6.63. The summed E-state index contributed by atoms with van der Waals surface area (Å²) in [6, 6.07) is 1.34. The van der Waals surface area contributed by atoms with Gasteiger partial charge in [0.15, 0.2) is 0 Å². The lowest BCUT2D eigenvalue weighted by Gasteiger charge is -2.03. The number of rotatable bonds is 6. The van der Waals surface area contributed by atoms with Crippen LogP contribution in [-0.4, -0.2) is 21.4 Å². The van der Waals surface area contributed by atoms with Gasteiger partial charge in [0.2, 0.25) is 0 Å². The average Bonchev–Trinajstić information content (AvgIpc) is 2.03. The molecule has 0 atom stereocenters. The van der Waals surface area contributed by atoms with Gasteiger partial charge in [-0.1, -0.05) is 32.1 Å². The van der Waals surface area contributed by atoms with E-state index in [4.69, 9.17) is 4.74 Å². The lowest BCUT2D eigenvalue weighted by molar-refractivity contribution is -0.137. The van der Waals surface area contributed by atoms with Gasteiger partial charge in [0, 0.05) is 14.9 Å². The van der Waals surface area contributed by atoms with Crippen molar-refractivity contribution in [3.8, 4) is 0 Å². The van der Waals surface area contributed by atoms with E-state index in [1.165, 1.54) is 18.5 Å². The maximum Gasteiger partial charge on any atom is 0.330 e. The van der Waals surface area contributed by atoms with Gasteiger partial charge in [0.05, 0.1) is 6.61 Å². The number of unbranched alkanes of at least 4 members (excludes halogenated alkanes) is 1. The van der Waals surface area contributed by atoms with Crippen LogP contribution in [0.4, 0.5) is 0 Å². The molecule has 3 heteroatoms. The van der Waals surface area contributed by atoms with Crippen molar-refractivity contribution in [2.24, 2.45) is 0 Å². The lowest BCUT2D eigenvalue weighted by atomic mass is 10.4. The Kier molecular flexibility index (Phi) is 6.76. The SMILES string of the molecule is C=CC(=O)OCCCC[SiH](C)C. The molecule has 0 saturated heterocycles. The molecular weight excluding hydrogens is 168 g/mol. The van der Waals surface area contributed by atoms with Crippen LogP contribution in [0.15, 0.2) is 12.7 Å². The summed E-state index contributed by atoms with van der Waals surface area (Å²) in [7, 11) is -0.406. The fourth-order valence-electron chi connectivity index (χ4n) is 0.886. The molecule has 0 bridgehead atoms. The minimum absolute atomic E-state index is 0.309. The van der Waals surface area contributed by atoms with E-state index in [9.17, 15) is 4.79 Å². The third-order valence-corrected chi connectivity index (χ3v) is 3.15. The maximum atomic E-state index is 10.6. The van der Waals surface area contributed by atoms with E-state index >= 15 is 0 Å². The zero-order valence-electron chi connectivity index (χ0n) is 8.01. The van der Waals surface area contributed by atoms with Crippen LogP contribution in [0.5, 0.6) is 0 Å². The van der Waals surface area contributed by atoms with Gasteiger partial charge in [-0.25, -0.2) is 4.79 Å². The van der Waals surface area contributed by atoms with E-state index in [2.05, 4.69) is 19.7 Å². The molecule has 2 nitrogen and oxygen atoms in total. The average molecular weight is 186 g/mol. The van der Waals surface area contributed by atoms with Gasteiger partial charge in [-0.3, -0.25) is 0 Å². The summed E-state index contributed by atoms with van der Waals surface area (Å²) in [4.78, 5) is 10.6. The van der Waals surface area contributed by atoms with Crippen molar-refractivity contribution in [2.45, 2.75) is 32.0 Å². The zero-order valence-corrected chi connectivity index (χ0v) is 9.16. The number of hydrogen-bond donors (Lipinski definition) is 0. The molecule has 0 aliphatic heterocycles. The van der Waals surface area contributed by atoms with Crippen LogP contribution in [0.25, 0.3) is 0 Å². The zero-order chi connectivity index (χ0) is 9.40. The normalized spacial score (nSPS) is 9.92. The largest absolute Gasteiger partial charge is 0.463 e. The molecule has 12 heavy (non-hydrogen) atoms. The van der Waals surface area contributed by atoms with Crippen molar-refractivity contribution in [1.82, 2.24) is 0 Å². The van der Waals surface area contributed by atoms with Crippen LogP contribution in [0.3, 0.4) is 0 Å². The van der Waals surface area contributed by atoms with Crippen LogP contribution in [0.1, 0.15) is 12.8 Å². The Hall–Kier alpha value is -0.573. The van der Waals surface area contributed by atoms with Crippen LogP contribution >= 0.6 is 0 Å². The molecule has 0 rings (SSSR count). The molecule has 0 N–H and O–H groups in total. The second-order valence-electron chi connectivity index (χ2n) is 3.26. The predicted molar refractivity (Wildman–Crippen MR) is 54.1 cm³/mol. The molecule has 0 spiro atoms. The van der Waals surface area contributed by atoms with E-state index < -0.39 is 8.80 Å². The Morgan fingerprint density at radius 1 is 1.50 bits per heavy atom. The summed E-state index contributed by atoms with van der Waals surface area (Å²) in [5, 5.41) is 0. The van der Waals surface area contributed by atoms with Gasteiger partial charge in [-0.2, -0.15) is 0 Å². The highest BCUT2D eigenvalue weighted by Gasteiger charge is 1.97. The second kappa shape index (κ2) is 7.10. The van der Waals surface area contributed by atoms with Gasteiger partial charge in [-0.05, 0) is 6.42 Å². The first-order valence-corrected chi connectivity index (χ1v) is 7.58. The summed E-state index contributed by atoms with van der Waals surface area (Å²) in [6.07, 6.45) is 3.39. The van der Waals surface area contributed by atoms with E-state index in [-0.39, 0.29) is 5.97 Å². The fraction of sp³-hybridized carbons (Fsp3) is 0.667. The van der Waals surface area contributed by atoms with Crippen molar-refractivity contribution in [1.29, 1.82) is 0 Å². The number of esters is 1. The lowest BCUT2D eigenvalue weighted by Crippen LogP contribution is -2.03. The molecule has 0 unspecified atom stereocenters. The minimum Gasteiger partial charge on any atom is -0.463 e. The molecule has 0 amide bonds. The molecule has 0 aliphatic rings. The molecule has 0 aliphatic carbocycles. The summed E-state index contributed by atoms with van der Waals surface area (Å²) in [5.74, 6) is -0.309. The van der Waals surface area contributed by atoms with Crippen LogP contribution in [0, 0.1) is 0 Å². The Bertz CT molecular complexity index is 143. The molecule has 0 aromatic rings. The van der Waals surface area contributed by atoms with Gasteiger partial charge in [0.25, 0.3) is 0 Å². The van der Waals surface area contributed by atoms with Crippen molar-refractivity contribution < 1.29 is 9.53 Å². The third kappa shape index (κ3) is 7.53. The van der Waals surface area contributed by atoms with Crippen LogP contribution < -0.4 is 0 Å². The highest BCUT2D eigenvalue weighted by atomic mass is 28.3. The number of ether oxygens (including phenoxy) is 1. The van der Waals surface area contributed by atoms with Gasteiger partial charge >= 0.3 is 5.97 Å². The summed E-state index contributed by atoms with van der Waals surface area (Å²) in [5.41, 5.74) is 0. The standard InChI is InChI=1S/C9H18O2Si/c1-4-9(10)11-7-5-6-8-12(2)3/h4,12H,1,5-8H2,2-3H3. The maximum absolute atomic E-state index is 10.6. The number of carbonyl (C=O) groups excluding carboxylic acids is 1. The van der Waals surface area contributed by atoms with Gasteiger partial charge in [-0.15, -0.1) is 0 Å². The quantitative estimate of drug-likeness (QED) is 0.274. The summed E-state index contributed by atoms with van der Waals surface area (Å²) in [6.45, 7) is 8.53. The smallest absolute Gasteiger partial charge is 0.330 e. The monoisotopic (exact) mass is 186 g/mol. The number of hydrogen-bond acceptors (Lipinski definition) is 2. The van der Waals surface area contributed by atoms with Crippen LogP contribution in [0.2, 0.25) is 19.1 Å². The van der Waals surface area contributed by atoms with Crippen molar-refractivity contribution >= 4 is 14.8 Å². The fourth-order valence-corrected chi connectivity index (χ4v) is 1.99. The van der Waals surface area contributed by atoms with Crippen molar-refractivity contribution in [2.75, 3.05) is 6.61 Å². The minimum atomic E-state index is -0.406. The van der Waals surface area contributed by atoms with Crippen molar-refractivity contribution in [3.63, 3.8) is 0 Å². The summed E-state index contributed by atoms with van der Waals surface area (Å²) >= 11 is 0. The van der Waals surface area contributed by atoms with E-state index in [0.717, 1.165) is 6.42 Å². The Morgan fingerprint density at radius 3 is 2.67 bits per heavy atom. The molecule has 0 aromatic heterocycles. The molecule has 0 aromatic carbocycles. The molecule has 0 saturated carbocycles. The van der Waals surface area contributed by atoms with E-state index in [1.54, 1.807) is 0 Å². The molecule has 70 valence electrons. The highest BCUT2D eigenvalue weighted by molar-refractivity contribution is 6.55. The Balaban J connectivity index is 3.11. The van der Waals surface area contributed by atoms with Gasteiger partial charge in [0.1, 0.15) is 0 Å². The first-order chi connectivity index (χ1) is 5.66. The predicted octanol–water partition coefficient (Wildman–Crippen LogP) is 1.98. The molecule has 0 radical (unpaired) electrons.